The van der Waals surface area contributed by atoms with Gasteiger partial charge in [0.15, 0.2) is 0 Å². The summed E-state index contributed by atoms with van der Waals surface area (Å²) in [6.07, 6.45) is 19.5. The summed E-state index contributed by atoms with van der Waals surface area (Å²) in [6, 6.07) is 0. The molecule has 0 aromatic rings. The van der Waals surface area contributed by atoms with Gasteiger partial charge in [-0.1, -0.05) is 36.5 Å². The monoisotopic (exact) mass is 148 g/mol. The Balaban J connectivity index is 2.34. The molecule has 1 rings (SSSR count). The summed E-state index contributed by atoms with van der Waals surface area (Å²) in [6.45, 7) is 0. The smallest absolute Gasteiger partial charge is 0.0313 e. The van der Waals surface area contributed by atoms with Gasteiger partial charge in [0.1, 0.15) is 0 Å². The minimum atomic E-state index is 1.18. The average molecular weight is 148 g/mol. The highest BCUT2D eigenvalue weighted by Crippen LogP contribution is 2.02. The second-order valence-electron chi connectivity index (χ2n) is 2.84. The normalized spacial score (nSPS) is 28.4. The number of rotatable bonds is 0. The van der Waals surface area contributed by atoms with E-state index >= 15 is 0 Å². The van der Waals surface area contributed by atoms with E-state index in [1.165, 1.54) is 32.1 Å². The van der Waals surface area contributed by atoms with Crippen LogP contribution < -0.4 is 0 Å². The molecule has 11 heavy (non-hydrogen) atoms. The van der Waals surface area contributed by atoms with Crippen molar-refractivity contribution in [3.63, 3.8) is 0 Å². The minimum Gasteiger partial charge on any atom is -0.0885 e. The van der Waals surface area contributed by atoms with Gasteiger partial charge < -0.3 is 0 Å². The van der Waals surface area contributed by atoms with Gasteiger partial charge in [-0.3, -0.25) is 0 Å². The predicted octanol–water partition coefficient (Wildman–Crippen LogP) is 3.62. The third kappa shape index (κ3) is 4.60. The highest BCUT2D eigenvalue weighted by molar-refractivity contribution is 5.03. The number of hydrogen-bond acceptors (Lipinski definition) is 0. The van der Waals surface area contributed by atoms with Crippen molar-refractivity contribution in [1.29, 1.82) is 0 Å². The molecule has 1 aliphatic rings. The lowest BCUT2D eigenvalue weighted by atomic mass is 10.2. The molecule has 0 heteroatoms. The maximum atomic E-state index is 2.30. The summed E-state index contributed by atoms with van der Waals surface area (Å²) in [5.41, 5.74) is 0. The standard InChI is InChI=1S/C11H16/c1-2-4-6-8-10-11-9-7-5-3-1/h1-4,9,11H,5-8,10H2/b3-1+,4-2-,11-9+. The van der Waals surface area contributed by atoms with Crippen LogP contribution in [0, 0.1) is 0 Å². The molecule has 0 N–H and O–H groups in total. The number of hydrogen-bond donors (Lipinski definition) is 0. The summed E-state index contributed by atoms with van der Waals surface area (Å²) >= 11 is 0. The molecule has 0 amide bonds. The molecule has 1 aliphatic carbocycles. The molecule has 0 nitrogen and oxygen atoms in total. The molecular weight excluding hydrogens is 132 g/mol. The Kier molecular flexibility index (Phi) is 4.51. The minimum absolute atomic E-state index is 1.18. The van der Waals surface area contributed by atoms with Crippen LogP contribution in [-0.4, -0.2) is 0 Å². The van der Waals surface area contributed by atoms with Crippen LogP contribution in [0.1, 0.15) is 32.1 Å². The molecule has 0 saturated heterocycles. The first-order valence-electron chi connectivity index (χ1n) is 4.47. The molecule has 0 spiro atoms. The lowest BCUT2D eigenvalue weighted by Gasteiger charge is -1.88. The van der Waals surface area contributed by atoms with Gasteiger partial charge in [0.25, 0.3) is 0 Å². The molecule has 0 bridgehead atoms. The average Bonchev–Trinajstić information content (AvgIpc) is 2.08. The molecule has 0 aromatic heterocycles. The van der Waals surface area contributed by atoms with E-state index in [2.05, 4.69) is 36.5 Å². The zero-order valence-corrected chi connectivity index (χ0v) is 7.00. The Morgan fingerprint density at radius 2 is 1.09 bits per heavy atom. The van der Waals surface area contributed by atoms with Crippen molar-refractivity contribution in [2.24, 2.45) is 0 Å². The molecule has 0 atom stereocenters. The third-order valence-corrected chi connectivity index (χ3v) is 1.79. The first-order valence-corrected chi connectivity index (χ1v) is 4.47. The Hall–Kier alpha value is -0.780. The molecule has 0 unspecified atom stereocenters. The fourth-order valence-electron chi connectivity index (χ4n) is 1.13. The van der Waals surface area contributed by atoms with Gasteiger partial charge in [-0.25, -0.2) is 0 Å². The lowest BCUT2D eigenvalue weighted by molar-refractivity contribution is 0.864. The summed E-state index contributed by atoms with van der Waals surface area (Å²) in [5.74, 6) is 0. The van der Waals surface area contributed by atoms with Crippen LogP contribution in [0.5, 0.6) is 0 Å². The summed E-state index contributed by atoms with van der Waals surface area (Å²) < 4.78 is 0. The van der Waals surface area contributed by atoms with Crippen molar-refractivity contribution < 1.29 is 0 Å². The van der Waals surface area contributed by atoms with Crippen LogP contribution >= 0.6 is 0 Å². The van der Waals surface area contributed by atoms with Gasteiger partial charge in [0.2, 0.25) is 0 Å². The first-order chi connectivity index (χ1) is 5.50. The van der Waals surface area contributed by atoms with Crippen molar-refractivity contribution in [3.8, 4) is 0 Å². The molecule has 0 heterocycles. The fraction of sp³-hybridized carbons (Fsp3) is 0.455. The van der Waals surface area contributed by atoms with E-state index in [1.807, 2.05) is 0 Å². The Morgan fingerprint density at radius 3 is 2.00 bits per heavy atom. The van der Waals surface area contributed by atoms with Crippen molar-refractivity contribution in [2.45, 2.75) is 32.1 Å². The number of allylic oxidation sites excluding steroid dienone is 6. The van der Waals surface area contributed by atoms with Crippen LogP contribution in [0.3, 0.4) is 0 Å². The molecule has 0 fully saturated rings. The van der Waals surface area contributed by atoms with Crippen molar-refractivity contribution in [1.82, 2.24) is 0 Å². The topological polar surface area (TPSA) is 0 Å². The van der Waals surface area contributed by atoms with E-state index in [0.29, 0.717) is 0 Å². The van der Waals surface area contributed by atoms with Crippen LogP contribution in [0.2, 0.25) is 0 Å². The quantitative estimate of drug-likeness (QED) is 0.460. The van der Waals surface area contributed by atoms with Crippen molar-refractivity contribution >= 4 is 0 Å². The highest BCUT2D eigenvalue weighted by Gasteiger charge is 1.82. The maximum absolute atomic E-state index is 2.30. The summed E-state index contributed by atoms with van der Waals surface area (Å²) in [5, 5.41) is 0. The Labute approximate surface area is 69.3 Å². The first kappa shape index (κ1) is 8.32. The van der Waals surface area contributed by atoms with E-state index in [9.17, 15) is 0 Å². The molecule has 0 aliphatic heterocycles. The molecule has 60 valence electrons. The molecule has 0 aromatic carbocycles. The van der Waals surface area contributed by atoms with Crippen LogP contribution in [0.25, 0.3) is 0 Å². The van der Waals surface area contributed by atoms with Crippen LogP contribution in [0.4, 0.5) is 0 Å². The van der Waals surface area contributed by atoms with E-state index in [1.54, 1.807) is 0 Å². The van der Waals surface area contributed by atoms with Crippen molar-refractivity contribution in [3.05, 3.63) is 36.5 Å². The SMILES string of the molecule is C1=C\CCC/C=C/CC/C=C/1. The van der Waals surface area contributed by atoms with E-state index in [-0.39, 0.29) is 0 Å². The largest absolute Gasteiger partial charge is 0.0885 e. The van der Waals surface area contributed by atoms with Gasteiger partial charge in [0.05, 0.1) is 0 Å². The molecule has 0 radical (unpaired) electrons. The summed E-state index contributed by atoms with van der Waals surface area (Å²) in [7, 11) is 0. The summed E-state index contributed by atoms with van der Waals surface area (Å²) in [4.78, 5) is 0. The fourth-order valence-corrected chi connectivity index (χ4v) is 1.13. The van der Waals surface area contributed by atoms with E-state index < -0.39 is 0 Å². The second-order valence-corrected chi connectivity index (χ2v) is 2.84. The zero-order valence-electron chi connectivity index (χ0n) is 7.00. The van der Waals surface area contributed by atoms with Crippen molar-refractivity contribution in [2.75, 3.05) is 0 Å². The molecular formula is C11H16. The van der Waals surface area contributed by atoms with Gasteiger partial charge in [0, 0.05) is 0 Å². The van der Waals surface area contributed by atoms with Gasteiger partial charge in [-0.15, -0.1) is 0 Å². The predicted molar refractivity (Wildman–Crippen MR) is 50.5 cm³/mol. The van der Waals surface area contributed by atoms with Gasteiger partial charge >= 0.3 is 0 Å². The highest BCUT2D eigenvalue weighted by atomic mass is 13.9. The van der Waals surface area contributed by atoms with Crippen LogP contribution in [-0.2, 0) is 0 Å². The van der Waals surface area contributed by atoms with Gasteiger partial charge in [-0.05, 0) is 32.1 Å². The Bertz CT molecular complexity index is 161. The van der Waals surface area contributed by atoms with E-state index in [0.717, 1.165) is 0 Å². The Morgan fingerprint density at radius 1 is 0.545 bits per heavy atom. The lowest BCUT2D eigenvalue weighted by Crippen LogP contribution is -1.68. The second kappa shape index (κ2) is 5.96. The molecule has 0 saturated carbocycles. The maximum Gasteiger partial charge on any atom is -0.0313 e. The van der Waals surface area contributed by atoms with Crippen LogP contribution in [0.15, 0.2) is 36.5 Å². The van der Waals surface area contributed by atoms with Gasteiger partial charge in [-0.2, -0.15) is 0 Å². The third-order valence-electron chi connectivity index (χ3n) is 1.79. The van der Waals surface area contributed by atoms with E-state index in [4.69, 9.17) is 0 Å². The zero-order chi connectivity index (χ0) is 7.78.